The normalized spacial score (nSPS) is 10.4. The van der Waals surface area contributed by atoms with Crippen LogP contribution in [0.4, 0.5) is 0 Å². The van der Waals surface area contributed by atoms with Crippen LogP contribution in [0.2, 0.25) is 5.15 Å². The van der Waals surface area contributed by atoms with E-state index in [4.69, 9.17) is 16.3 Å². The lowest BCUT2D eigenvalue weighted by Crippen LogP contribution is -2.02. The summed E-state index contributed by atoms with van der Waals surface area (Å²) in [5, 5.41) is 8.12. The van der Waals surface area contributed by atoms with Crippen molar-refractivity contribution in [1.29, 1.82) is 0 Å². The molecule has 7 heteroatoms. The SMILES string of the molecule is Clc1ccc(COc2c(I)cc(I)cc2I)nn1. The van der Waals surface area contributed by atoms with E-state index in [0.29, 0.717) is 11.8 Å². The zero-order valence-electron chi connectivity index (χ0n) is 8.83. The standard InChI is InChI=1S/C11H6ClI3N2O/c12-10-2-1-7(16-17-10)5-18-11-8(14)3-6(13)4-9(11)15/h1-4H,5H2. The molecule has 0 radical (unpaired) electrons. The van der Waals surface area contributed by atoms with Crippen LogP contribution in [0.5, 0.6) is 5.75 Å². The summed E-state index contributed by atoms with van der Waals surface area (Å²) in [7, 11) is 0. The lowest BCUT2D eigenvalue weighted by atomic mass is 10.3. The Morgan fingerprint density at radius 1 is 1.06 bits per heavy atom. The van der Waals surface area contributed by atoms with Crippen LogP contribution in [0.3, 0.4) is 0 Å². The van der Waals surface area contributed by atoms with Crippen LogP contribution in [0.1, 0.15) is 5.69 Å². The molecule has 3 nitrogen and oxygen atoms in total. The summed E-state index contributed by atoms with van der Waals surface area (Å²) in [4.78, 5) is 0. The average Bonchev–Trinajstić information content (AvgIpc) is 2.30. The second kappa shape index (κ2) is 6.84. The minimum Gasteiger partial charge on any atom is -0.485 e. The van der Waals surface area contributed by atoms with Gasteiger partial charge in [-0.3, -0.25) is 0 Å². The number of nitrogens with zero attached hydrogens (tertiary/aromatic N) is 2. The van der Waals surface area contributed by atoms with Gasteiger partial charge in [-0.25, -0.2) is 0 Å². The summed E-state index contributed by atoms with van der Waals surface area (Å²) in [5.41, 5.74) is 0.754. The molecule has 1 aromatic heterocycles. The van der Waals surface area contributed by atoms with E-state index in [1.807, 2.05) is 6.07 Å². The Balaban J connectivity index is 2.13. The first-order chi connectivity index (χ1) is 8.56. The molecule has 0 atom stereocenters. The molecule has 0 spiro atoms. The highest BCUT2D eigenvalue weighted by atomic mass is 127. The van der Waals surface area contributed by atoms with Gasteiger partial charge in [0.25, 0.3) is 0 Å². The van der Waals surface area contributed by atoms with E-state index in [1.54, 1.807) is 6.07 Å². The summed E-state index contributed by atoms with van der Waals surface area (Å²) >= 11 is 12.5. The Morgan fingerprint density at radius 2 is 1.72 bits per heavy atom. The van der Waals surface area contributed by atoms with Crippen LogP contribution < -0.4 is 4.74 Å². The predicted octanol–water partition coefficient (Wildman–Crippen LogP) is 4.52. The van der Waals surface area contributed by atoms with Gasteiger partial charge in [0.05, 0.1) is 7.14 Å². The Hall–Kier alpha value is 0.580. The zero-order valence-corrected chi connectivity index (χ0v) is 16.1. The average molecular weight is 598 g/mol. The molecule has 0 saturated carbocycles. The van der Waals surface area contributed by atoms with Gasteiger partial charge in [-0.15, -0.1) is 5.10 Å². The molecular weight excluding hydrogens is 592 g/mol. The van der Waals surface area contributed by atoms with E-state index >= 15 is 0 Å². The van der Waals surface area contributed by atoms with E-state index in [9.17, 15) is 0 Å². The van der Waals surface area contributed by atoms with Gasteiger partial charge < -0.3 is 4.74 Å². The molecule has 0 aliphatic heterocycles. The Bertz CT molecular complexity index is 540. The summed E-state index contributed by atoms with van der Waals surface area (Å²) < 4.78 is 9.16. The van der Waals surface area contributed by atoms with E-state index in [-0.39, 0.29) is 0 Å². The van der Waals surface area contributed by atoms with Gasteiger partial charge in [0.2, 0.25) is 0 Å². The molecule has 0 N–H and O–H groups in total. The number of benzene rings is 1. The number of hydrogen-bond acceptors (Lipinski definition) is 3. The fourth-order valence-electron chi connectivity index (χ4n) is 1.23. The maximum absolute atomic E-state index is 5.78. The van der Waals surface area contributed by atoms with Gasteiger partial charge in [0, 0.05) is 3.57 Å². The fourth-order valence-corrected chi connectivity index (χ4v) is 5.23. The van der Waals surface area contributed by atoms with Gasteiger partial charge in [0.1, 0.15) is 18.1 Å². The largest absolute Gasteiger partial charge is 0.485 e. The Labute approximate surface area is 150 Å². The van der Waals surface area contributed by atoms with E-state index in [1.165, 1.54) is 3.57 Å². The van der Waals surface area contributed by atoms with Crippen molar-refractivity contribution >= 4 is 79.4 Å². The van der Waals surface area contributed by atoms with Crippen molar-refractivity contribution in [3.05, 3.63) is 45.8 Å². The third-order valence-electron chi connectivity index (χ3n) is 2.01. The van der Waals surface area contributed by atoms with Crippen molar-refractivity contribution < 1.29 is 4.74 Å². The van der Waals surface area contributed by atoms with Gasteiger partial charge in [0.15, 0.2) is 5.15 Å². The van der Waals surface area contributed by atoms with Crippen LogP contribution in [0.25, 0.3) is 0 Å². The van der Waals surface area contributed by atoms with Crippen molar-refractivity contribution in [1.82, 2.24) is 10.2 Å². The highest BCUT2D eigenvalue weighted by Crippen LogP contribution is 2.30. The summed E-state index contributed by atoms with van der Waals surface area (Å²) in [6.07, 6.45) is 0. The lowest BCUT2D eigenvalue weighted by Gasteiger charge is -2.10. The molecule has 1 heterocycles. The molecule has 1 aromatic carbocycles. The van der Waals surface area contributed by atoms with Gasteiger partial charge >= 0.3 is 0 Å². The lowest BCUT2D eigenvalue weighted by molar-refractivity contribution is 0.295. The monoisotopic (exact) mass is 598 g/mol. The molecular formula is C11H6ClI3N2O. The Kier molecular flexibility index (Phi) is 5.69. The second-order valence-corrected chi connectivity index (χ2v) is 7.29. The first kappa shape index (κ1) is 15.0. The van der Waals surface area contributed by atoms with Crippen LogP contribution in [-0.2, 0) is 6.61 Å². The molecule has 0 aliphatic rings. The molecule has 2 rings (SSSR count). The number of rotatable bonds is 3. The number of ether oxygens (including phenoxy) is 1. The third kappa shape index (κ3) is 4.04. The van der Waals surface area contributed by atoms with Gasteiger partial charge in [-0.2, -0.15) is 5.10 Å². The molecule has 0 fully saturated rings. The first-order valence-corrected chi connectivity index (χ1v) is 8.43. The smallest absolute Gasteiger partial charge is 0.151 e. The van der Waals surface area contributed by atoms with Crippen molar-refractivity contribution in [2.75, 3.05) is 0 Å². The third-order valence-corrected chi connectivity index (χ3v) is 4.44. The quantitative estimate of drug-likeness (QED) is 0.488. The summed E-state index contributed by atoms with van der Waals surface area (Å²) in [6, 6.07) is 7.66. The minimum atomic E-state index is 0.386. The molecule has 0 bridgehead atoms. The van der Waals surface area contributed by atoms with E-state index in [2.05, 4.69) is 90.1 Å². The number of halogens is 4. The Morgan fingerprint density at radius 3 is 2.28 bits per heavy atom. The number of hydrogen-bond donors (Lipinski definition) is 0. The molecule has 94 valence electrons. The topological polar surface area (TPSA) is 35.0 Å². The maximum Gasteiger partial charge on any atom is 0.151 e. The van der Waals surface area contributed by atoms with Crippen LogP contribution in [-0.4, -0.2) is 10.2 Å². The van der Waals surface area contributed by atoms with Gasteiger partial charge in [-0.05, 0) is 92.0 Å². The molecule has 0 amide bonds. The summed E-state index contributed by atoms with van der Waals surface area (Å²) in [6.45, 7) is 0.386. The van der Waals surface area contributed by atoms with Crippen LogP contribution in [0, 0.1) is 10.7 Å². The van der Waals surface area contributed by atoms with Crippen molar-refractivity contribution in [2.45, 2.75) is 6.61 Å². The minimum absolute atomic E-state index is 0.386. The van der Waals surface area contributed by atoms with E-state index in [0.717, 1.165) is 18.6 Å². The fraction of sp³-hybridized carbons (Fsp3) is 0.0909. The van der Waals surface area contributed by atoms with E-state index < -0.39 is 0 Å². The molecule has 0 aliphatic carbocycles. The van der Waals surface area contributed by atoms with Crippen molar-refractivity contribution in [3.8, 4) is 5.75 Å². The highest BCUT2D eigenvalue weighted by molar-refractivity contribution is 14.1. The second-order valence-electron chi connectivity index (χ2n) is 3.33. The van der Waals surface area contributed by atoms with Crippen molar-refractivity contribution in [3.63, 3.8) is 0 Å². The van der Waals surface area contributed by atoms with Crippen LogP contribution in [0.15, 0.2) is 24.3 Å². The predicted molar refractivity (Wildman–Crippen MR) is 96.0 cm³/mol. The van der Waals surface area contributed by atoms with Crippen molar-refractivity contribution in [2.24, 2.45) is 0 Å². The van der Waals surface area contributed by atoms with Crippen LogP contribution >= 0.6 is 79.4 Å². The molecule has 0 saturated heterocycles. The first-order valence-electron chi connectivity index (χ1n) is 4.81. The maximum atomic E-state index is 5.78. The number of aromatic nitrogens is 2. The molecule has 0 unspecified atom stereocenters. The van der Waals surface area contributed by atoms with Gasteiger partial charge in [-0.1, -0.05) is 11.6 Å². The molecule has 2 aromatic rings. The zero-order chi connectivity index (χ0) is 13.1. The highest BCUT2D eigenvalue weighted by Gasteiger charge is 2.08. The molecule has 18 heavy (non-hydrogen) atoms. The summed E-state index contributed by atoms with van der Waals surface area (Å²) in [5.74, 6) is 0.883.